The number of thioether (sulfide) groups is 1. The van der Waals surface area contributed by atoms with Crippen LogP contribution in [-0.2, 0) is 16.1 Å². The minimum atomic E-state index is -0.624. The van der Waals surface area contributed by atoms with Gasteiger partial charge in [0.25, 0.3) is 11.1 Å². The maximum Gasteiger partial charge on any atom is 0.341 e. The predicted octanol–water partition coefficient (Wildman–Crippen LogP) is 1.56. The number of esters is 1. The number of nitrogens with one attached hydrogen (secondary N) is 1. The average molecular weight is 498 g/mol. The maximum atomic E-state index is 13.9. The molecule has 3 unspecified atom stereocenters. The van der Waals surface area contributed by atoms with Crippen molar-refractivity contribution in [2.24, 2.45) is 5.92 Å². The number of methoxy groups -OCH3 is 1. The van der Waals surface area contributed by atoms with E-state index in [0.717, 1.165) is 17.9 Å². The molecule has 5 heterocycles. The largest absolute Gasteiger partial charge is 0.465 e. The summed E-state index contributed by atoms with van der Waals surface area (Å²) >= 11 is 1.63. The van der Waals surface area contributed by atoms with Crippen molar-refractivity contribution in [1.29, 1.82) is 0 Å². The molecule has 1 saturated heterocycles. The summed E-state index contributed by atoms with van der Waals surface area (Å²) < 4.78 is 8.40. The molecule has 1 N–H and O–H groups in total. The summed E-state index contributed by atoms with van der Waals surface area (Å²) in [5.41, 5.74) is 1.15. The third-order valence-corrected chi connectivity index (χ3v) is 7.66. The molecule has 1 fully saturated rings. The van der Waals surface area contributed by atoms with Gasteiger partial charge in [-0.1, -0.05) is 6.07 Å². The molecule has 35 heavy (non-hydrogen) atoms. The molecule has 0 aromatic carbocycles. The van der Waals surface area contributed by atoms with E-state index in [1.165, 1.54) is 7.11 Å². The van der Waals surface area contributed by atoms with E-state index in [9.17, 15) is 19.2 Å². The number of aromatic nitrogens is 4. The molecule has 5 rings (SSSR count). The number of fused-ring (bicyclic) bond motifs is 5. The number of aromatic amines is 1. The van der Waals surface area contributed by atoms with E-state index in [-0.39, 0.29) is 40.1 Å². The van der Waals surface area contributed by atoms with Crippen LogP contribution < -0.4 is 11.1 Å². The number of nitrogens with zero attached hydrogens (tertiary/aromatic N) is 4. The second kappa shape index (κ2) is 9.37. The number of ether oxygens (including phenoxy) is 1. The highest BCUT2D eigenvalue weighted by Crippen LogP contribution is 2.36. The Morgan fingerprint density at radius 2 is 2.06 bits per heavy atom. The second-order valence-corrected chi connectivity index (χ2v) is 10.1. The molecule has 1 amide bonds. The molecule has 0 saturated carbocycles. The van der Waals surface area contributed by atoms with E-state index in [2.05, 4.69) is 10.2 Å². The van der Waals surface area contributed by atoms with Crippen LogP contribution in [0.3, 0.4) is 0 Å². The number of pyridine rings is 2. The van der Waals surface area contributed by atoms with Gasteiger partial charge >= 0.3 is 5.97 Å². The molecule has 10 nitrogen and oxygen atoms in total. The molecule has 3 atom stereocenters. The second-order valence-electron chi connectivity index (χ2n) is 9.16. The van der Waals surface area contributed by atoms with Crippen LogP contribution in [0.15, 0.2) is 40.2 Å². The summed E-state index contributed by atoms with van der Waals surface area (Å²) in [6, 6.07) is 4.74. The van der Waals surface area contributed by atoms with Gasteiger partial charge < -0.3 is 18.8 Å². The first kappa shape index (κ1) is 23.4. The number of carbonyl (C=O) groups is 2. The third-order valence-electron chi connectivity index (χ3n) is 7.02. The lowest BCUT2D eigenvalue weighted by molar-refractivity contribution is -0.137. The normalized spacial score (nSPS) is 19.9. The van der Waals surface area contributed by atoms with Gasteiger partial charge in [0.2, 0.25) is 5.91 Å². The van der Waals surface area contributed by atoms with Crippen LogP contribution in [0.4, 0.5) is 0 Å². The highest BCUT2D eigenvalue weighted by atomic mass is 32.2. The smallest absolute Gasteiger partial charge is 0.341 e. The lowest BCUT2D eigenvalue weighted by atomic mass is 9.83. The van der Waals surface area contributed by atoms with E-state index in [1.807, 2.05) is 21.8 Å². The van der Waals surface area contributed by atoms with Crippen LogP contribution in [0.5, 0.6) is 0 Å². The first-order valence-electron chi connectivity index (χ1n) is 11.6. The molecule has 11 heteroatoms. The van der Waals surface area contributed by atoms with Crippen molar-refractivity contribution >= 4 is 23.6 Å². The Labute approximate surface area is 205 Å². The molecular weight excluding hydrogens is 470 g/mol. The van der Waals surface area contributed by atoms with Crippen molar-refractivity contribution in [3.8, 4) is 11.3 Å². The van der Waals surface area contributed by atoms with Gasteiger partial charge in [-0.05, 0) is 36.8 Å². The van der Waals surface area contributed by atoms with Crippen molar-refractivity contribution in [3.05, 3.63) is 62.6 Å². The van der Waals surface area contributed by atoms with E-state index in [1.54, 1.807) is 40.9 Å². The number of hydrogen-bond donors (Lipinski definition) is 1. The van der Waals surface area contributed by atoms with Gasteiger partial charge in [-0.3, -0.25) is 14.4 Å². The summed E-state index contributed by atoms with van der Waals surface area (Å²) in [6.45, 7) is 1.70. The number of carbonyl (C=O) groups excluding carboxylic acids is 2. The summed E-state index contributed by atoms with van der Waals surface area (Å²) in [5, 5.41) is 6.36. The third kappa shape index (κ3) is 4.18. The molecule has 1 aromatic rings. The van der Waals surface area contributed by atoms with Crippen molar-refractivity contribution in [1.82, 2.24) is 24.2 Å². The Kier molecular flexibility index (Phi) is 6.26. The number of amides is 1. The van der Waals surface area contributed by atoms with Crippen molar-refractivity contribution in [2.45, 2.75) is 31.3 Å². The zero-order valence-electron chi connectivity index (χ0n) is 19.6. The van der Waals surface area contributed by atoms with Gasteiger partial charge in [0.1, 0.15) is 17.3 Å². The zero-order valence-corrected chi connectivity index (χ0v) is 20.4. The topological polar surface area (TPSA) is 119 Å². The average Bonchev–Trinajstić information content (AvgIpc) is 3.24. The number of hydrogen-bond acceptors (Lipinski definition) is 7. The minimum absolute atomic E-state index is 0.00236. The van der Waals surface area contributed by atoms with Gasteiger partial charge in [-0.15, -0.1) is 0 Å². The van der Waals surface area contributed by atoms with Gasteiger partial charge in [0.15, 0.2) is 0 Å². The Morgan fingerprint density at radius 1 is 1.23 bits per heavy atom. The van der Waals surface area contributed by atoms with E-state index < -0.39 is 17.6 Å². The summed E-state index contributed by atoms with van der Waals surface area (Å²) in [4.78, 5) is 53.0. The Balaban J connectivity index is 1.51. The van der Waals surface area contributed by atoms with Crippen molar-refractivity contribution < 1.29 is 14.3 Å². The molecule has 184 valence electrons. The van der Waals surface area contributed by atoms with E-state index in [0.29, 0.717) is 26.1 Å². The van der Waals surface area contributed by atoms with Crippen LogP contribution in [0.2, 0.25) is 0 Å². The van der Waals surface area contributed by atoms with Crippen LogP contribution in [0.1, 0.15) is 40.9 Å². The molecule has 4 aliphatic heterocycles. The van der Waals surface area contributed by atoms with Gasteiger partial charge in [0, 0.05) is 49.7 Å². The molecule has 0 aliphatic carbocycles. The molecule has 1 aromatic heterocycles. The Morgan fingerprint density at radius 3 is 2.83 bits per heavy atom. The van der Waals surface area contributed by atoms with Crippen LogP contribution in [0.25, 0.3) is 11.3 Å². The first-order chi connectivity index (χ1) is 16.9. The monoisotopic (exact) mass is 497 g/mol. The fourth-order valence-electron chi connectivity index (χ4n) is 5.41. The van der Waals surface area contributed by atoms with Crippen LogP contribution >= 0.6 is 11.8 Å². The van der Waals surface area contributed by atoms with Crippen LogP contribution in [-0.4, -0.2) is 68.3 Å². The summed E-state index contributed by atoms with van der Waals surface area (Å²) in [7, 11) is 1.27. The standard InChI is InChI=1S/C24H27N5O5S/c1-34-24(33)17-13-27(12-16-21(17)25-26-22(16)31)19(6-7-35-2)23(32)28-9-14-8-15(11-28)18-4-3-5-20(30)29(18)10-14/h3-5,12-15,19H,6-11H2,1-2H3,(H,26,31). The fourth-order valence-corrected chi connectivity index (χ4v) is 5.87. The first-order valence-corrected chi connectivity index (χ1v) is 13.0. The fraction of sp³-hybridized carbons (Fsp3) is 0.458. The molecule has 0 spiro atoms. The molecular formula is C24H27N5O5S. The number of rotatable bonds is 6. The van der Waals surface area contributed by atoms with Gasteiger partial charge in [-0.2, -0.15) is 16.9 Å². The van der Waals surface area contributed by atoms with E-state index >= 15 is 0 Å². The number of piperidine rings is 1. The Hall–Kier alpha value is -3.34. The number of likely N-dealkylation sites (tertiary alicyclic amines) is 1. The Bertz CT molecular complexity index is 1360. The molecule has 4 aliphatic rings. The zero-order chi connectivity index (χ0) is 24.7. The highest BCUT2D eigenvalue weighted by molar-refractivity contribution is 7.98. The summed E-state index contributed by atoms with van der Waals surface area (Å²) in [6.07, 6.45) is 6.60. The minimum Gasteiger partial charge on any atom is -0.465 e. The SMILES string of the molecule is COC(=O)c1cn(C(CCSC)C(=O)N2CC3CC(C2)c2cccc(=O)n2C3)cc2c(=O)[nH]nc1-2. The molecule has 2 bridgehead atoms. The lowest BCUT2D eigenvalue weighted by Gasteiger charge is -2.43. The predicted molar refractivity (Wildman–Crippen MR) is 131 cm³/mol. The maximum absolute atomic E-state index is 13.9. The van der Waals surface area contributed by atoms with Crippen molar-refractivity contribution in [2.75, 3.05) is 32.2 Å². The van der Waals surface area contributed by atoms with Gasteiger partial charge in [-0.25, -0.2) is 9.89 Å². The lowest BCUT2D eigenvalue weighted by Crippen LogP contribution is -2.50. The van der Waals surface area contributed by atoms with Gasteiger partial charge in [0.05, 0.1) is 12.7 Å². The molecule has 0 radical (unpaired) electrons. The quantitative estimate of drug-likeness (QED) is 0.514. The van der Waals surface area contributed by atoms with Crippen molar-refractivity contribution in [3.63, 3.8) is 0 Å². The highest BCUT2D eigenvalue weighted by Gasteiger charge is 2.38. The number of H-pyrrole nitrogens is 1. The van der Waals surface area contributed by atoms with Crippen LogP contribution in [0, 0.1) is 5.92 Å². The summed E-state index contributed by atoms with van der Waals surface area (Å²) in [5.74, 6) is 0.343. The van der Waals surface area contributed by atoms with E-state index in [4.69, 9.17) is 4.74 Å².